The van der Waals surface area contributed by atoms with Crippen LogP contribution in [0.4, 0.5) is 5.69 Å². The predicted octanol–water partition coefficient (Wildman–Crippen LogP) is 1.73. The Morgan fingerprint density at radius 2 is 2.19 bits per heavy atom. The number of aromatic nitrogens is 2. The molecule has 0 bridgehead atoms. The molecule has 0 atom stereocenters. The van der Waals surface area contributed by atoms with Crippen LogP contribution in [0.2, 0.25) is 5.15 Å². The first-order chi connectivity index (χ1) is 7.81. The summed E-state index contributed by atoms with van der Waals surface area (Å²) in [5.41, 5.74) is 0.665. The van der Waals surface area contributed by atoms with Crippen molar-refractivity contribution >= 4 is 17.3 Å². The molecule has 6 heteroatoms. The molecule has 0 saturated carbocycles. The molecule has 16 heavy (non-hydrogen) atoms. The van der Waals surface area contributed by atoms with Crippen LogP contribution in [0, 0.1) is 0 Å². The van der Waals surface area contributed by atoms with Crippen molar-refractivity contribution in [1.29, 1.82) is 0 Å². The van der Waals surface area contributed by atoms with Crippen molar-refractivity contribution in [2.45, 2.75) is 18.9 Å². The molecule has 5 nitrogen and oxygen atoms in total. The van der Waals surface area contributed by atoms with Crippen LogP contribution < -0.4 is 10.1 Å². The van der Waals surface area contributed by atoms with Crippen LogP contribution in [-0.4, -0.2) is 36.3 Å². The van der Waals surface area contributed by atoms with Crippen molar-refractivity contribution < 1.29 is 9.47 Å². The van der Waals surface area contributed by atoms with Gasteiger partial charge in [0.1, 0.15) is 12.0 Å². The summed E-state index contributed by atoms with van der Waals surface area (Å²) in [5, 5.41) is 3.69. The molecule has 1 N–H and O–H groups in total. The van der Waals surface area contributed by atoms with Gasteiger partial charge in [-0.2, -0.15) is 4.98 Å². The quantitative estimate of drug-likeness (QED) is 0.820. The van der Waals surface area contributed by atoms with Crippen LogP contribution in [-0.2, 0) is 4.74 Å². The Labute approximate surface area is 99.1 Å². The highest BCUT2D eigenvalue weighted by molar-refractivity contribution is 6.32. The zero-order chi connectivity index (χ0) is 11.4. The lowest BCUT2D eigenvalue weighted by atomic mass is 10.1. The van der Waals surface area contributed by atoms with E-state index in [1.165, 1.54) is 6.33 Å². The summed E-state index contributed by atoms with van der Waals surface area (Å²) in [5.74, 6) is 0.478. The van der Waals surface area contributed by atoms with E-state index in [0.717, 1.165) is 26.1 Å². The minimum atomic E-state index is 0.339. The van der Waals surface area contributed by atoms with Crippen molar-refractivity contribution in [3.05, 3.63) is 11.5 Å². The predicted molar refractivity (Wildman–Crippen MR) is 61.1 cm³/mol. The number of nitrogens with zero attached hydrogens (tertiary/aromatic N) is 2. The molecule has 0 aromatic carbocycles. The number of anilines is 1. The molecule has 88 valence electrons. The number of hydrogen-bond acceptors (Lipinski definition) is 5. The first-order valence-electron chi connectivity index (χ1n) is 5.20. The van der Waals surface area contributed by atoms with Crippen LogP contribution in [0.1, 0.15) is 12.8 Å². The minimum absolute atomic E-state index is 0.339. The molecule has 0 radical (unpaired) electrons. The Morgan fingerprint density at radius 3 is 2.88 bits per heavy atom. The lowest BCUT2D eigenvalue weighted by Crippen LogP contribution is -2.28. The first-order valence-corrected chi connectivity index (χ1v) is 5.58. The van der Waals surface area contributed by atoms with Gasteiger partial charge < -0.3 is 14.8 Å². The van der Waals surface area contributed by atoms with Crippen molar-refractivity contribution in [3.8, 4) is 5.88 Å². The molecule has 0 spiro atoms. The Morgan fingerprint density at radius 1 is 1.44 bits per heavy atom. The van der Waals surface area contributed by atoms with Gasteiger partial charge in [-0.25, -0.2) is 4.98 Å². The SMILES string of the molecule is COc1ncnc(Cl)c1NC1CCOCC1. The van der Waals surface area contributed by atoms with Gasteiger partial charge >= 0.3 is 0 Å². The summed E-state index contributed by atoms with van der Waals surface area (Å²) in [4.78, 5) is 7.95. The summed E-state index contributed by atoms with van der Waals surface area (Å²) in [6, 6.07) is 0.339. The molecule has 0 unspecified atom stereocenters. The summed E-state index contributed by atoms with van der Waals surface area (Å²) >= 11 is 6.00. The van der Waals surface area contributed by atoms with E-state index in [-0.39, 0.29) is 0 Å². The second-order valence-corrected chi connectivity index (χ2v) is 3.94. The maximum Gasteiger partial charge on any atom is 0.241 e. The topological polar surface area (TPSA) is 56.3 Å². The van der Waals surface area contributed by atoms with Gasteiger partial charge in [-0.05, 0) is 12.8 Å². The van der Waals surface area contributed by atoms with E-state index in [1.807, 2.05) is 0 Å². The van der Waals surface area contributed by atoms with Gasteiger partial charge in [0.25, 0.3) is 0 Å². The highest BCUT2D eigenvalue weighted by atomic mass is 35.5. The molecule has 0 aliphatic carbocycles. The number of methoxy groups -OCH3 is 1. The van der Waals surface area contributed by atoms with Gasteiger partial charge in [0, 0.05) is 19.3 Å². The molecular formula is C10H14ClN3O2. The molecule has 1 aliphatic heterocycles. The average molecular weight is 244 g/mol. The van der Waals surface area contributed by atoms with Gasteiger partial charge in [-0.15, -0.1) is 0 Å². The van der Waals surface area contributed by atoms with E-state index in [4.69, 9.17) is 21.1 Å². The molecule has 0 amide bonds. The van der Waals surface area contributed by atoms with E-state index in [2.05, 4.69) is 15.3 Å². The fourth-order valence-corrected chi connectivity index (χ4v) is 1.85. The molecule has 2 rings (SSSR count). The standard InChI is InChI=1S/C10H14ClN3O2/c1-15-10-8(9(11)12-6-13-10)14-7-2-4-16-5-3-7/h6-7,14H,2-5H2,1H3. The van der Waals surface area contributed by atoms with Gasteiger partial charge in [-0.1, -0.05) is 11.6 Å². The average Bonchev–Trinajstić information content (AvgIpc) is 2.33. The molecule has 1 aromatic heterocycles. The van der Waals surface area contributed by atoms with Crippen molar-refractivity contribution in [2.75, 3.05) is 25.6 Å². The van der Waals surface area contributed by atoms with Crippen LogP contribution in [0.5, 0.6) is 5.88 Å². The van der Waals surface area contributed by atoms with Gasteiger partial charge in [-0.3, -0.25) is 0 Å². The Kier molecular flexibility index (Phi) is 3.79. The van der Waals surface area contributed by atoms with E-state index < -0.39 is 0 Å². The normalized spacial score (nSPS) is 17.1. The van der Waals surface area contributed by atoms with Crippen molar-refractivity contribution in [2.24, 2.45) is 0 Å². The lowest BCUT2D eigenvalue weighted by molar-refractivity contribution is 0.0904. The van der Waals surface area contributed by atoms with Crippen LogP contribution in [0.25, 0.3) is 0 Å². The lowest BCUT2D eigenvalue weighted by Gasteiger charge is -2.24. The summed E-state index contributed by atoms with van der Waals surface area (Å²) in [6.45, 7) is 1.54. The van der Waals surface area contributed by atoms with Crippen LogP contribution in [0.15, 0.2) is 6.33 Å². The third-order valence-corrected chi connectivity index (χ3v) is 2.82. The fourth-order valence-electron chi connectivity index (χ4n) is 1.67. The zero-order valence-electron chi connectivity index (χ0n) is 9.07. The van der Waals surface area contributed by atoms with Crippen LogP contribution >= 0.6 is 11.6 Å². The second kappa shape index (κ2) is 5.32. The highest BCUT2D eigenvalue weighted by Crippen LogP contribution is 2.29. The van der Waals surface area contributed by atoms with E-state index in [0.29, 0.717) is 22.8 Å². The van der Waals surface area contributed by atoms with Gasteiger partial charge in [0.15, 0.2) is 5.15 Å². The van der Waals surface area contributed by atoms with E-state index in [9.17, 15) is 0 Å². The fraction of sp³-hybridized carbons (Fsp3) is 0.600. The van der Waals surface area contributed by atoms with E-state index >= 15 is 0 Å². The monoisotopic (exact) mass is 243 g/mol. The van der Waals surface area contributed by atoms with Gasteiger partial charge in [0.05, 0.1) is 7.11 Å². The number of hydrogen-bond donors (Lipinski definition) is 1. The Hall–Kier alpha value is -1.07. The van der Waals surface area contributed by atoms with Crippen molar-refractivity contribution in [1.82, 2.24) is 9.97 Å². The van der Waals surface area contributed by atoms with Crippen molar-refractivity contribution in [3.63, 3.8) is 0 Å². The molecule has 1 saturated heterocycles. The largest absolute Gasteiger partial charge is 0.479 e. The first kappa shape index (κ1) is 11.4. The molecule has 1 aliphatic rings. The maximum atomic E-state index is 6.00. The maximum absolute atomic E-state index is 6.00. The summed E-state index contributed by atoms with van der Waals surface area (Å²) < 4.78 is 10.4. The van der Waals surface area contributed by atoms with E-state index in [1.54, 1.807) is 7.11 Å². The van der Waals surface area contributed by atoms with Crippen LogP contribution in [0.3, 0.4) is 0 Å². The molecular weight excluding hydrogens is 230 g/mol. The smallest absolute Gasteiger partial charge is 0.241 e. The Bertz CT molecular complexity index is 356. The zero-order valence-corrected chi connectivity index (χ0v) is 9.83. The number of ether oxygens (including phenoxy) is 2. The van der Waals surface area contributed by atoms with Gasteiger partial charge in [0.2, 0.25) is 5.88 Å². The summed E-state index contributed by atoms with van der Waals surface area (Å²) in [7, 11) is 1.56. The molecule has 2 heterocycles. The number of halogens is 1. The third kappa shape index (κ3) is 2.54. The Balaban J connectivity index is 2.12. The summed E-state index contributed by atoms with van der Waals surface area (Å²) in [6.07, 6.45) is 3.29. The molecule has 1 aromatic rings. The minimum Gasteiger partial charge on any atom is -0.479 e. The number of nitrogens with one attached hydrogen (secondary N) is 1. The number of rotatable bonds is 3. The molecule has 1 fully saturated rings. The highest BCUT2D eigenvalue weighted by Gasteiger charge is 2.18. The second-order valence-electron chi connectivity index (χ2n) is 3.58. The third-order valence-electron chi connectivity index (χ3n) is 2.53.